The molecule has 18 heavy (non-hydrogen) atoms. The summed E-state index contributed by atoms with van der Waals surface area (Å²) in [5.74, 6) is 0. The van der Waals surface area contributed by atoms with Gasteiger partial charge in [-0.3, -0.25) is 4.68 Å². The van der Waals surface area contributed by atoms with Gasteiger partial charge in [0.2, 0.25) is 0 Å². The van der Waals surface area contributed by atoms with Crippen LogP contribution in [0.25, 0.3) is 11.1 Å². The zero-order valence-electron chi connectivity index (χ0n) is 11.3. The first-order valence-corrected chi connectivity index (χ1v) is 5.87. The third kappa shape index (κ3) is 2.57. The predicted octanol–water partition coefficient (Wildman–Crippen LogP) is 3.15. The van der Waals surface area contributed by atoms with Crippen LogP contribution in [0.4, 0.5) is 0 Å². The molecule has 0 radical (unpaired) electrons. The molecule has 0 aliphatic rings. The van der Waals surface area contributed by atoms with Crippen LogP contribution in [-0.4, -0.2) is 9.78 Å². The molecule has 1 heterocycles. The van der Waals surface area contributed by atoms with Crippen molar-refractivity contribution in [3.05, 3.63) is 41.2 Å². The summed E-state index contributed by atoms with van der Waals surface area (Å²) >= 11 is 0. The number of nitrogens with zero attached hydrogens (tertiary/aromatic N) is 2. The Balaban J connectivity index is 0.00000162. The van der Waals surface area contributed by atoms with E-state index >= 15 is 0 Å². The van der Waals surface area contributed by atoms with Gasteiger partial charge in [0, 0.05) is 24.3 Å². The molecule has 2 rings (SSSR count). The average Bonchev–Trinajstić information content (AvgIpc) is 2.53. The Morgan fingerprint density at radius 1 is 1.17 bits per heavy atom. The van der Waals surface area contributed by atoms with E-state index < -0.39 is 0 Å². The van der Waals surface area contributed by atoms with Crippen molar-refractivity contribution >= 4 is 12.4 Å². The fourth-order valence-electron chi connectivity index (χ4n) is 2.14. The SMILES string of the molecule is Cc1nn(C)c(C)c1-c1ccc([C@H](C)N)cc1.Cl. The summed E-state index contributed by atoms with van der Waals surface area (Å²) in [7, 11) is 1.97. The average molecular weight is 266 g/mol. The molecule has 0 aliphatic heterocycles. The van der Waals surface area contributed by atoms with E-state index in [9.17, 15) is 0 Å². The van der Waals surface area contributed by atoms with E-state index in [1.807, 2.05) is 25.6 Å². The predicted molar refractivity (Wildman–Crippen MR) is 78.0 cm³/mol. The molecule has 0 aliphatic carbocycles. The van der Waals surface area contributed by atoms with Gasteiger partial charge in [0.05, 0.1) is 5.69 Å². The van der Waals surface area contributed by atoms with Crippen LogP contribution >= 0.6 is 12.4 Å². The van der Waals surface area contributed by atoms with Crippen molar-refractivity contribution < 1.29 is 0 Å². The van der Waals surface area contributed by atoms with E-state index in [2.05, 4.69) is 36.3 Å². The summed E-state index contributed by atoms with van der Waals surface area (Å²) in [6, 6.07) is 8.50. The maximum absolute atomic E-state index is 5.85. The van der Waals surface area contributed by atoms with Crippen molar-refractivity contribution in [2.75, 3.05) is 0 Å². The minimum Gasteiger partial charge on any atom is -0.324 e. The van der Waals surface area contributed by atoms with Crippen LogP contribution in [0.5, 0.6) is 0 Å². The molecule has 0 spiro atoms. The van der Waals surface area contributed by atoms with Crippen LogP contribution in [0.3, 0.4) is 0 Å². The molecule has 0 fully saturated rings. The topological polar surface area (TPSA) is 43.8 Å². The van der Waals surface area contributed by atoms with Gasteiger partial charge in [-0.05, 0) is 31.9 Å². The van der Waals surface area contributed by atoms with Gasteiger partial charge in [0.25, 0.3) is 0 Å². The summed E-state index contributed by atoms with van der Waals surface area (Å²) in [4.78, 5) is 0. The van der Waals surface area contributed by atoms with Gasteiger partial charge >= 0.3 is 0 Å². The summed E-state index contributed by atoms with van der Waals surface area (Å²) in [6.07, 6.45) is 0. The Bertz CT molecular complexity index is 527. The van der Waals surface area contributed by atoms with Crippen molar-refractivity contribution in [1.29, 1.82) is 0 Å². The van der Waals surface area contributed by atoms with E-state index in [4.69, 9.17) is 5.73 Å². The quantitative estimate of drug-likeness (QED) is 0.907. The molecule has 0 saturated carbocycles. The standard InChI is InChI=1S/C14H19N3.ClH/c1-9(15)12-5-7-13(8-6-12)14-10(2)16-17(4)11(14)3;/h5-9H,15H2,1-4H3;1H/t9-;/m0./s1. The summed E-state index contributed by atoms with van der Waals surface area (Å²) < 4.78 is 1.92. The fourth-order valence-corrected chi connectivity index (χ4v) is 2.14. The van der Waals surface area contributed by atoms with Gasteiger partial charge in [-0.2, -0.15) is 5.10 Å². The van der Waals surface area contributed by atoms with Crippen molar-refractivity contribution in [1.82, 2.24) is 9.78 Å². The van der Waals surface area contributed by atoms with Crippen LogP contribution in [0, 0.1) is 13.8 Å². The van der Waals surface area contributed by atoms with Gasteiger partial charge in [-0.1, -0.05) is 24.3 Å². The lowest BCUT2D eigenvalue weighted by molar-refractivity contribution is 0.731. The maximum atomic E-state index is 5.85. The first kappa shape index (κ1) is 14.7. The lowest BCUT2D eigenvalue weighted by atomic mass is 10.0. The maximum Gasteiger partial charge on any atom is 0.0674 e. The van der Waals surface area contributed by atoms with Crippen molar-refractivity contribution in [3.63, 3.8) is 0 Å². The molecule has 0 amide bonds. The number of hydrogen-bond donors (Lipinski definition) is 1. The third-order valence-electron chi connectivity index (χ3n) is 3.23. The summed E-state index contributed by atoms with van der Waals surface area (Å²) in [6.45, 7) is 6.13. The molecule has 0 saturated heterocycles. The zero-order valence-corrected chi connectivity index (χ0v) is 12.1. The van der Waals surface area contributed by atoms with E-state index in [1.165, 1.54) is 16.8 Å². The first-order valence-electron chi connectivity index (χ1n) is 5.87. The number of aryl methyl sites for hydroxylation is 2. The smallest absolute Gasteiger partial charge is 0.0674 e. The number of aromatic nitrogens is 2. The summed E-state index contributed by atoms with van der Waals surface area (Å²) in [5, 5.41) is 4.44. The molecule has 1 aromatic carbocycles. The molecule has 3 nitrogen and oxygen atoms in total. The molecule has 1 atom stereocenters. The Kier molecular flexibility index (Phi) is 4.54. The van der Waals surface area contributed by atoms with E-state index in [0.717, 1.165) is 11.3 Å². The zero-order chi connectivity index (χ0) is 12.6. The Morgan fingerprint density at radius 3 is 2.11 bits per heavy atom. The van der Waals surface area contributed by atoms with E-state index in [0.29, 0.717) is 0 Å². The number of benzene rings is 1. The molecule has 1 aromatic heterocycles. The Labute approximate surface area is 114 Å². The molecule has 4 heteroatoms. The molecule has 2 N–H and O–H groups in total. The second-order valence-electron chi connectivity index (χ2n) is 4.58. The second kappa shape index (κ2) is 5.55. The largest absolute Gasteiger partial charge is 0.324 e. The van der Waals surface area contributed by atoms with E-state index in [-0.39, 0.29) is 18.4 Å². The van der Waals surface area contributed by atoms with Crippen molar-refractivity contribution in [2.24, 2.45) is 12.8 Å². The lowest BCUT2D eigenvalue weighted by Gasteiger charge is -2.07. The van der Waals surface area contributed by atoms with Gasteiger partial charge in [-0.25, -0.2) is 0 Å². The van der Waals surface area contributed by atoms with Crippen LogP contribution in [-0.2, 0) is 7.05 Å². The van der Waals surface area contributed by atoms with Gasteiger partial charge in [0.1, 0.15) is 0 Å². The first-order chi connectivity index (χ1) is 8.00. The Morgan fingerprint density at radius 2 is 1.72 bits per heavy atom. The van der Waals surface area contributed by atoms with Gasteiger partial charge in [-0.15, -0.1) is 12.4 Å². The highest BCUT2D eigenvalue weighted by molar-refractivity contribution is 5.85. The number of hydrogen-bond acceptors (Lipinski definition) is 2. The Hall–Kier alpha value is -1.32. The minimum atomic E-state index is 0. The van der Waals surface area contributed by atoms with Crippen LogP contribution in [0.2, 0.25) is 0 Å². The van der Waals surface area contributed by atoms with Crippen LogP contribution < -0.4 is 5.73 Å². The number of nitrogens with two attached hydrogens (primary N) is 1. The molecule has 0 unspecified atom stereocenters. The van der Waals surface area contributed by atoms with Crippen LogP contribution in [0.15, 0.2) is 24.3 Å². The van der Waals surface area contributed by atoms with Crippen molar-refractivity contribution in [2.45, 2.75) is 26.8 Å². The van der Waals surface area contributed by atoms with E-state index in [1.54, 1.807) is 0 Å². The lowest BCUT2D eigenvalue weighted by Crippen LogP contribution is -2.04. The van der Waals surface area contributed by atoms with Crippen molar-refractivity contribution in [3.8, 4) is 11.1 Å². The highest BCUT2D eigenvalue weighted by Gasteiger charge is 2.11. The summed E-state index contributed by atoms with van der Waals surface area (Å²) in [5.41, 5.74) is 11.7. The highest BCUT2D eigenvalue weighted by Crippen LogP contribution is 2.27. The number of halogens is 1. The molecular formula is C14H20ClN3. The highest BCUT2D eigenvalue weighted by atomic mass is 35.5. The fraction of sp³-hybridized carbons (Fsp3) is 0.357. The molecule has 2 aromatic rings. The molecule has 0 bridgehead atoms. The molecular weight excluding hydrogens is 246 g/mol. The molecule has 98 valence electrons. The second-order valence-corrected chi connectivity index (χ2v) is 4.58. The van der Waals surface area contributed by atoms with Crippen LogP contribution in [0.1, 0.15) is 29.9 Å². The normalized spacial score (nSPS) is 12.1. The minimum absolute atomic E-state index is 0. The number of rotatable bonds is 2. The monoisotopic (exact) mass is 265 g/mol. The van der Waals surface area contributed by atoms with Gasteiger partial charge < -0.3 is 5.73 Å². The van der Waals surface area contributed by atoms with Gasteiger partial charge in [0.15, 0.2) is 0 Å². The third-order valence-corrected chi connectivity index (χ3v) is 3.23.